The van der Waals surface area contributed by atoms with Gasteiger partial charge >= 0.3 is 0 Å². The zero-order valence-electron chi connectivity index (χ0n) is 19.4. The number of methoxy groups -OCH3 is 1. The molecule has 0 aliphatic carbocycles. The first-order chi connectivity index (χ1) is 16.2. The van der Waals surface area contributed by atoms with E-state index in [4.69, 9.17) is 9.47 Å². The summed E-state index contributed by atoms with van der Waals surface area (Å²) in [7, 11) is 1.69. The number of hydrogen-bond donors (Lipinski definition) is 0. The molecule has 166 valence electrons. The summed E-state index contributed by atoms with van der Waals surface area (Å²) >= 11 is 0. The average Bonchev–Trinajstić information content (AvgIpc) is 2.87. The molecule has 0 N–H and O–H groups in total. The molecule has 0 aromatic heterocycles. The minimum absolute atomic E-state index is 0.790. The highest BCUT2D eigenvalue weighted by Gasteiger charge is 2.00. The Morgan fingerprint density at radius 2 is 1.21 bits per heavy atom. The molecule has 0 saturated heterocycles. The first-order valence-corrected chi connectivity index (χ1v) is 11.7. The maximum absolute atomic E-state index is 5.85. The second kappa shape index (κ2) is 11.2. The number of ether oxygens (including phenoxy) is 2. The van der Waals surface area contributed by atoms with Crippen LogP contribution in [0.2, 0.25) is 0 Å². The van der Waals surface area contributed by atoms with Gasteiger partial charge in [-0.05, 0) is 76.9 Å². The van der Waals surface area contributed by atoms with Crippen molar-refractivity contribution in [2.75, 3.05) is 13.7 Å². The molecular formula is C31H30O2. The molecule has 4 aromatic rings. The fourth-order valence-electron chi connectivity index (χ4n) is 3.78. The van der Waals surface area contributed by atoms with E-state index < -0.39 is 0 Å². The van der Waals surface area contributed by atoms with Crippen molar-refractivity contribution >= 4 is 10.8 Å². The smallest absolute Gasteiger partial charge is 0.119 e. The van der Waals surface area contributed by atoms with Gasteiger partial charge in [-0.25, -0.2) is 0 Å². The van der Waals surface area contributed by atoms with Crippen LogP contribution in [0.1, 0.15) is 43.7 Å². The van der Waals surface area contributed by atoms with E-state index in [1.165, 1.54) is 30.4 Å². The standard InChI is InChI=1S/C31H30O2/c1-3-4-5-6-21-33-30-18-15-27(16-19-30)26-12-9-24(10-13-26)7-8-25-11-14-29-23-31(32-2)20-17-28(29)22-25/h9-20,22-23H,3-6,21H2,1-2H3. The second-order valence-electron chi connectivity index (χ2n) is 8.19. The van der Waals surface area contributed by atoms with Gasteiger partial charge in [0, 0.05) is 11.1 Å². The number of rotatable bonds is 8. The largest absolute Gasteiger partial charge is 0.497 e. The van der Waals surface area contributed by atoms with Gasteiger partial charge in [0.05, 0.1) is 13.7 Å². The topological polar surface area (TPSA) is 18.5 Å². The molecule has 0 atom stereocenters. The first kappa shape index (κ1) is 22.5. The zero-order valence-corrected chi connectivity index (χ0v) is 19.4. The SMILES string of the molecule is CCCCCCOc1ccc(-c2ccc(C#Cc3ccc4cc(OC)ccc4c3)cc2)cc1. The van der Waals surface area contributed by atoms with Gasteiger partial charge in [0.2, 0.25) is 0 Å². The summed E-state index contributed by atoms with van der Waals surface area (Å²) in [6.07, 6.45) is 4.88. The van der Waals surface area contributed by atoms with Crippen molar-refractivity contribution in [2.24, 2.45) is 0 Å². The van der Waals surface area contributed by atoms with E-state index in [-0.39, 0.29) is 0 Å². The monoisotopic (exact) mass is 434 g/mol. The van der Waals surface area contributed by atoms with E-state index in [1.54, 1.807) is 7.11 Å². The fourth-order valence-corrected chi connectivity index (χ4v) is 3.78. The molecule has 0 amide bonds. The molecule has 0 heterocycles. The van der Waals surface area contributed by atoms with Gasteiger partial charge in [-0.3, -0.25) is 0 Å². The maximum atomic E-state index is 5.85. The maximum Gasteiger partial charge on any atom is 0.119 e. The molecule has 0 fully saturated rings. The Labute approximate surface area is 197 Å². The summed E-state index contributed by atoms with van der Waals surface area (Å²) < 4.78 is 11.1. The number of benzene rings is 4. The van der Waals surface area contributed by atoms with E-state index in [0.717, 1.165) is 46.4 Å². The van der Waals surface area contributed by atoms with Crippen LogP contribution in [0.15, 0.2) is 84.9 Å². The number of unbranched alkanes of at least 4 members (excludes halogenated alkanes) is 3. The third-order valence-electron chi connectivity index (χ3n) is 5.74. The van der Waals surface area contributed by atoms with Gasteiger partial charge in [0.15, 0.2) is 0 Å². The minimum Gasteiger partial charge on any atom is -0.497 e. The Balaban J connectivity index is 1.39. The van der Waals surface area contributed by atoms with E-state index in [1.807, 2.05) is 12.1 Å². The van der Waals surface area contributed by atoms with Crippen LogP contribution in [0, 0.1) is 11.8 Å². The molecule has 2 heteroatoms. The first-order valence-electron chi connectivity index (χ1n) is 11.7. The molecule has 0 bridgehead atoms. The third kappa shape index (κ3) is 6.18. The van der Waals surface area contributed by atoms with E-state index >= 15 is 0 Å². The van der Waals surface area contributed by atoms with Gasteiger partial charge in [-0.15, -0.1) is 0 Å². The van der Waals surface area contributed by atoms with Crippen LogP contribution in [0.4, 0.5) is 0 Å². The van der Waals surface area contributed by atoms with Crippen LogP contribution < -0.4 is 9.47 Å². The van der Waals surface area contributed by atoms with Gasteiger partial charge in [0.25, 0.3) is 0 Å². The number of fused-ring (bicyclic) bond motifs is 1. The van der Waals surface area contributed by atoms with E-state index in [9.17, 15) is 0 Å². The van der Waals surface area contributed by atoms with Crippen LogP contribution in [0.3, 0.4) is 0 Å². The molecule has 0 spiro atoms. The molecule has 0 unspecified atom stereocenters. The lowest BCUT2D eigenvalue weighted by Gasteiger charge is -2.07. The highest BCUT2D eigenvalue weighted by molar-refractivity contribution is 5.85. The van der Waals surface area contributed by atoms with Crippen LogP contribution in [-0.2, 0) is 0 Å². The van der Waals surface area contributed by atoms with Crippen molar-refractivity contribution in [3.05, 3.63) is 96.1 Å². The predicted molar refractivity (Wildman–Crippen MR) is 138 cm³/mol. The van der Waals surface area contributed by atoms with Crippen LogP contribution in [-0.4, -0.2) is 13.7 Å². The molecular weight excluding hydrogens is 404 g/mol. The van der Waals surface area contributed by atoms with Crippen LogP contribution in [0.25, 0.3) is 21.9 Å². The lowest BCUT2D eigenvalue weighted by atomic mass is 10.0. The molecule has 4 aromatic carbocycles. The Morgan fingerprint density at radius 1 is 0.606 bits per heavy atom. The van der Waals surface area contributed by atoms with Crippen molar-refractivity contribution in [3.63, 3.8) is 0 Å². The van der Waals surface area contributed by atoms with Gasteiger partial charge in [0.1, 0.15) is 11.5 Å². The van der Waals surface area contributed by atoms with Crippen molar-refractivity contribution in [2.45, 2.75) is 32.6 Å². The summed E-state index contributed by atoms with van der Waals surface area (Å²) in [6.45, 7) is 3.01. The summed E-state index contributed by atoms with van der Waals surface area (Å²) in [5, 5.41) is 2.31. The molecule has 0 radical (unpaired) electrons. The van der Waals surface area contributed by atoms with Crippen LogP contribution >= 0.6 is 0 Å². The Kier molecular flexibility index (Phi) is 7.67. The Hall–Kier alpha value is -3.70. The molecule has 33 heavy (non-hydrogen) atoms. The lowest BCUT2D eigenvalue weighted by molar-refractivity contribution is 0.305. The summed E-state index contributed by atoms with van der Waals surface area (Å²) in [5.74, 6) is 8.36. The fraction of sp³-hybridized carbons (Fsp3) is 0.226. The molecule has 0 aliphatic heterocycles. The predicted octanol–water partition coefficient (Wildman–Crippen LogP) is 7.87. The summed E-state index contributed by atoms with van der Waals surface area (Å²) in [5.41, 5.74) is 4.36. The van der Waals surface area contributed by atoms with Crippen molar-refractivity contribution in [1.29, 1.82) is 0 Å². The highest BCUT2D eigenvalue weighted by atomic mass is 16.5. The number of hydrogen-bond acceptors (Lipinski definition) is 2. The molecule has 4 rings (SSSR count). The second-order valence-corrected chi connectivity index (χ2v) is 8.19. The van der Waals surface area contributed by atoms with Crippen molar-refractivity contribution in [1.82, 2.24) is 0 Å². The average molecular weight is 435 g/mol. The quantitative estimate of drug-likeness (QED) is 0.207. The lowest BCUT2D eigenvalue weighted by Crippen LogP contribution is -1.96. The van der Waals surface area contributed by atoms with Gasteiger partial charge in [-0.1, -0.05) is 74.4 Å². The molecule has 0 saturated carbocycles. The van der Waals surface area contributed by atoms with Gasteiger partial charge in [-0.2, -0.15) is 0 Å². The van der Waals surface area contributed by atoms with Gasteiger partial charge < -0.3 is 9.47 Å². The van der Waals surface area contributed by atoms with E-state index in [2.05, 4.69) is 91.6 Å². The zero-order chi connectivity index (χ0) is 22.9. The normalized spacial score (nSPS) is 10.5. The summed E-state index contributed by atoms with van der Waals surface area (Å²) in [6, 6.07) is 29.1. The Bertz CT molecular complexity index is 1240. The van der Waals surface area contributed by atoms with Crippen molar-refractivity contribution < 1.29 is 9.47 Å². The Morgan fingerprint density at radius 3 is 1.94 bits per heavy atom. The third-order valence-corrected chi connectivity index (χ3v) is 5.74. The molecule has 2 nitrogen and oxygen atoms in total. The minimum atomic E-state index is 0.790. The summed E-state index contributed by atoms with van der Waals surface area (Å²) in [4.78, 5) is 0. The molecule has 0 aliphatic rings. The highest BCUT2D eigenvalue weighted by Crippen LogP contribution is 2.24. The van der Waals surface area contributed by atoms with E-state index in [0.29, 0.717) is 0 Å². The van der Waals surface area contributed by atoms with Crippen LogP contribution in [0.5, 0.6) is 11.5 Å². The van der Waals surface area contributed by atoms with Crippen molar-refractivity contribution in [3.8, 4) is 34.5 Å².